The average Bonchev–Trinajstić information content (AvgIpc) is 2.75. The van der Waals surface area contributed by atoms with E-state index in [-0.39, 0.29) is 25.0 Å². The maximum absolute atomic E-state index is 13.0. The lowest BCUT2D eigenvalue weighted by Gasteiger charge is -2.28. The van der Waals surface area contributed by atoms with E-state index < -0.39 is 6.04 Å². The van der Waals surface area contributed by atoms with Crippen LogP contribution in [0, 0.1) is 0 Å². The zero-order valence-corrected chi connectivity index (χ0v) is 18.7. The Morgan fingerprint density at radius 1 is 1.03 bits per heavy atom. The van der Waals surface area contributed by atoms with Crippen molar-refractivity contribution in [2.24, 2.45) is 0 Å². The fraction of sp³-hybridized carbons (Fsp3) is 0.333. The normalized spacial score (nSPS) is 11.4. The molecule has 2 aromatic carbocycles. The first kappa shape index (κ1) is 23.6. The first-order valence-corrected chi connectivity index (χ1v) is 9.85. The number of rotatable bonds is 9. The predicted molar refractivity (Wildman–Crippen MR) is 116 cm³/mol. The molecule has 9 heteroatoms. The van der Waals surface area contributed by atoms with Crippen LogP contribution in [-0.4, -0.2) is 50.6 Å². The Bertz CT molecular complexity index is 885. The Morgan fingerprint density at radius 2 is 1.63 bits per heavy atom. The van der Waals surface area contributed by atoms with Crippen LogP contribution in [0.3, 0.4) is 0 Å². The molecule has 7 nitrogen and oxygen atoms in total. The highest BCUT2D eigenvalue weighted by atomic mass is 35.5. The van der Waals surface area contributed by atoms with Crippen molar-refractivity contribution in [2.75, 3.05) is 27.9 Å². The summed E-state index contributed by atoms with van der Waals surface area (Å²) >= 11 is 12.2. The van der Waals surface area contributed by atoms with Gasteiger partial charge in [0.15, 0.2) is 6.61 Å². The molecule has 162 valence electrons. The number of carbonyl (C=O) groups excluding carboxylic acids is 2. The lowest BCUT2D eigenvalue weighted by atomic mass is 10.1. The second-order valence-electron chi connectivity index (χ2n) is 6.38. The van der Waals surface area contributed by atoms with Crippen LogP contribution in [0.4, 0.5) is 0 Å². The van der Waals surface area contributed by atoms with E-state index in [2.05, 4.69) is 5.32 Å². The van der Waals surface area contributed by atoms with Gasteiger partial charge in [-0.05, 0) is 24.6 Å². The van der Waals surface area contributed by atoms with Gasteiger partial charge in [-0.1, -0.05) is 29.3 Å². The molecule has 2 amide bonds. The quantitative estimate of drug-likeness (QED) is 0.626. The number of nitrogens with zero attached hydrogens (tertiary/aromatic N) is 1. The van der Waals surface area contributed by atoms with Gasteiger partial charge in [0.05, 0.1) is 14.2 Å². The maximum Gasteiger partial charge on any atom is 0.261 e. The number of hydrogen-bond acceptors (Lipinski definition) is 5. The molecule has 1 N–H and O–H groups in total. The molecule has 0 saturated heterocycles. The molecule has 0 radical (unpaired) electrons. The number of methoxy groups -OCH3 is 2. The van der Waals surface area contributed by atoms with Gasteiger partial charge in [-0.3, -0.25) is 9.59 Å². The van der Waals surface area contributed by atoms with Crippen LogP contribution in [0.25, 0.3) is 0 Å². The van der Waals surface area contributed by atoms with Gasteiger partial charge in [0, 0.05) is 41.8 Å². The van der Waals surface area contributed by atoms with Gasteiger partial charge in [-0.2, -0.15) is 0 Å². The van der Waals surface area contributed by atoms with Crippen LogP contribution >= 0.6 is 23.2 Å². The summed E-state index contributed by atoms with van der Waals surface area (Å²) in [6.07, 6.45) is 0. The van der Waals surface area contributed by atoms with Crippen LogP contribution in [0.2, 0.25) is 10.0 Å². The minimum Gasteiger partial charge on any atom is -0.496 e. The third kappa shape index (κ3) is 6.18. The van der Waals surface area contributed by atoms with E-state index in [1.807, 2.05) is 0 Å². The summed E-state index contributed by atoms with van der Waals surface area (Å²) in [6, 6.07) is 9.21. The average molecular weight is 455 g/mol. The molecule has 2 aromatic rings. The van der Waals surface area contributed by atoms with E-state index in [1.165, 1.54) is 26.2 Å². The molecule has 0 unspecified atom stereocenters. The number of nitrogens with one attached hydrogen (secondary N) is 1. The largest absolute Gasteiger partial charge is 0.496 e. The SMILES string of the molecule is CNC(=O)[C@@H](C)N(Cc1ccc(Cl)cc1Cl)C(=O)COc1cc(OC)cc(OC)c1. The monoisotopic (exact) mass is 454 g/mol. The van der Waals surface area contributed by atoms with E-state index in [9.17, 15) is 9.59 Å². The molecular weight excluding hydrogens is 431 g/mol. The zero-order chi connectivity index (χ0) is 22.3. The molecule has 0 spiro atoms. The van der Waals surface area contributed by atoms with Crippen molar-refractivity contribution in [3.8, 4) is 17.2 Å². The van der Waals surface area contributed by atoms with Crippen LogP contribution in [0.5, 0.6) is 17.2 Å². The van der Waals surface area contributed by atoms with Gasteiger partial charge in [-0.15, -0.1) is 0 Å². The third-order valence-corrected chi connectivity index (χ3v) is 5.04. The summed E-state index contributed by atoms with van der Waals surface area (Å²) in [7, 11) is 4.55. The summed E-state index contributed by atoms with van der Waals surface area (Å²) in [5.74, 6) is 0.757. The van der Waals surface area contributed by atoms with Crippen molar-refractivity contribution < 1.29 is 23.8 Å². The fourth-order valence-electron chi connectivity index (χ4n) is 2.72. The van der Waals surface area contributed by atoms with Crippen LogP contribution < -0.4 is 19.5 Å². The summed E-state index contributed by atoms with van der Waals surface area (Å²) in [6.45, 7) is 1.46. The van der Waals surface area contributed by atoms with E-state index in [0.29, 0.717) is 32.9 Å². The van der Waals surface area contributed by atoms with Crippen molar-refractivity contribution in [1.82, 2.24) is 10.2 Å². The minimum atomic E-state index is -0.738. The molecule has 0 bridgehead atoms. The lowest BCUT2D eigenvalue weighted by Crippen LogP contribution is -2.48. The van der Waals surface area contributed by atoms with Gasteiger partial charge in [0.25, 0.3) is 5.91 Å². The molecule has 30 heavy (non-hydrogen) atoms. The molecule has 0 aliphatic carbocycles. The maximum atomic E-state index is 13.0. The van der Waals surface area contributed by atoms with Gasteiger partial charge in [0.2, 0.25) is 5.91 Å². The molecule has 0 fully saturated rings. The molecule has 0 aliphatic heterocycles. The Morgan fingerprint density at radius 3 is 2.17 bits per heavy atom. The third-order valence-electron chi connectivity index (χ3n) is 4.46. The van der Waals surface area contributed by atoms with E-state index >= 15 is 0 Å². The molecule has 1 atom stereocenters. The van der Waals surface area contributed by atoms with Gasteiger partial charge in [-0.25, -0.2) is 0 Å². The summed E-state index contributed by atoms with van der Waals surface area (Å²) < 4.78 is 16.1. The van der Waals surface area contributed by atoms with Crippen molar-refractivity contribution in [3.63, 3.8) is 0 Å². The summed E-state index contributed by atoms with van der Waals surface area (Å²) in [5.41, 5.74) is 0.660. The van der Waals surface area contributed by atoms with E-state index in [1.54, 1.807) is 43.3 Å². The fourth-order valence-corrected chi connectivity index (χ4v) is 3.19. The number of carbonyl (C=O) groups is 2. The number of ether oxygens (including phenoxy) is 3. The number of likely N-dealkylation sites (N-methyl/N-ethyl adjacent to an activating group) is 1. The zero-order valence-electron chi connectivity index (χ0n) is 17.2. The van der Waals surface area contributed by atoms with Crippen molar-refractivity contribution in [3.05, 3.63) is 52.0 Å². The number of halogens is 2. The highest BCUT2D eigenvalue weighted by molar-refractivity contribution is 6.35. The molecule has 0 saturated carbocycles. The second kappa shape index (κ2) is 10.9. The van der Waals surface area contributed by atoms with E-state index in [4.69, 9.17) is 37.4 Å². The number of amides is 2. The molecule has 2 rings (SSSR count). The Hall–Kier alpha value is -2.64. The Labute approximate surface area is 185 Å². The second-order valence-corrected chi connectivity index (χ2v) is 7.23. The van der Waals surface area contributed by atoms with Crippen LogP contribution in [0.1, 0.15) is 12.5 Å². The predicted octanol–water partition coefficient (Wildman–Crippen LogP) is 3.55. The standard InChI is InChI=1S/C21H24Cl2N2O5/c1-13(21(27)24-2)25(11-14-5-6-15(22)7-19(14)23)20(26)12-30-18-9-16(28-3)8-17(10-18)29-4/h5-10,13H,11-12H2,1-4H3,(H,24,27)/t13-/m1/s1. The minimum absolute atomic E-state index is 0.119. The number of hydrogen-bond donors (Lipinski definition) is 1. The smallest absolute Gasteiger partial charge is 0.261 e. The van der Waals surface area contributed by atoms with Gasteiger partial charge >= 0.3 is 0 Å². The Kier molecular flexibility index (Phi) is 8.62. The topological polar surface area (TPSA) is 77.1 Å². The number of benzene rings is 2. The lowest BCUT2D eigenvalue weighted by molar-refractivity contribution is -0.142. The summed E-state index contributed by atoms with van der Waals surface area (Å²) in [5, 5.41) is 3.44. The van der Waals surface area contributed by atoms with E-state index in [0.717, 1.165) is 0 Å². The highest BCUT2D eigenvalue weighted by Crippen LogP contribution is 2.28. The Balaban J connectivity index is 2.21. The van der Waals surface area contributed by atoms with Gasteiger partial charge < -0.3 is 24.4 Å². The first-order chi connectivity index (χ1) is 14.3. The molecule has 0 aliphatic rings. The van der Waals surface area contributed by atoms with Gasteiger partial charge in [0.1, 0.15) is 23.3 Å². The van der Waals surface area contributed by atoms with Crippen molar-refractivity contribution in [1.29, 1.82) is 0 Å². The molecule has 0 aromatic heterocycles. The summed E-state index contributed by atoms with van der Waals surface area (Å²) in [4.78, 5) is 26.5. The van der Waals surface area contributed by atoms with Crippen LogP contribution in [0.15, 0.2) is 36.4 Å². The molecular formula is C21H24Cl2N2O5. The first-order valence-electron chi connectivity index (χ1n) is 9.10. The van der Waals surface area contributed by atoms with Crippen LogP contribution in [-0.2, 0) is 16.1 Å². The highest BCUT2D eigenvalue weighted by Gasteiger charge is 2.26. The molecule has 0 heterocycles. The van der Waals surface area contributed by atoms with Crippen molar-refractivity contribution >= 4 is 35.0 Å². The van der Waals surface area contributed by atoms with Crippen molar-refractivity contribution in [2.45, 2.75) is 19.5 Å².